The zero-order chi connectivity index (χ0) is 19.9. The van der Waals surface area contributed by atoms with E-state index in [1.807, 2.05) is 12.1 Å². The molecule has 2 unspecified atom stereocenters. The highest BCUT2D eigenvalue weighted by Crippen LogP contribution is 2.66. The standard InChI is InChI=1S/C25H25F3O/c26-25(27,28)24(9-10-24)19-3-7-22(8-4-19)29-21-5-1-18(2-6-21)23-14-16-11-17(15-23)13-20(23)12-16/h1-8,16-17,20H,9-15H2. The second kappa shape index (κ2) is 5.80. The van der Waals surface area contributed by atoms with Gasteiger partial charge in [0.1, 0.15) is 11.5 Å². The lowest BCUT2D eigenvalue weighted by atomic mass is 9.71. The van der Waals surface area contributed by atoms with Crippen molar-refractivity contribution in [3.63, 3.8) is 0 Å². The molecule has 0 aliphatic heterocycles. The molecule has 0 saturated heterocycles. The summed E-state index contributed by atoms with van der Waals surface area (Å²) in [6.45, 7) is 0. The first-order valence-electron chi connectivity index (χ1n) is 10.8. The van der Waals surface area contributed by atoms with Crippen molar-refractivity contribution in [3.8, 4) is 11.5 Å². The molecule has 4 bridgehead atoms. The molecular formula is C25H25F3O. The average molecular weight is 398 g/mol. The Morgan fingerprint density at radius 2 is 1.24 bits per heavy atom. The second-order valence-corrected chi connectivity index (χ2v) is 9.93. The molecule has 5 fully saturated rings. The number of alkyl halides is 3. The molecule has 0 N–H and O–H groups in total. The molecule has 152 valence electrons. The van der Waals surface area contributed by atoms with Crippen LogP contribution in [0, 0.1) is 17.8 Å². The van der Waals surface area contributed by atoms with E-state index in [0.717, 1.165) is 23.5 Å². The molecule has 0 spiro atoms. The van der Waals surface area contributed by atoms with Gasteiger partial charge in [-0.3, -0.25) is 0 Å². The molecule has 0 heterocycles. The summed E-state index contributed by atoms with van der Waals surface area (Å²) in [5.74, 6) is 4.03. The van der Waals surface area contributed by atoms with Gasteiger partial charge in [0.25, 0.3) is 0 Å². The maximum absolute atomic E-state index is 13.3. The summed E-state index contributed by atoms with van der Waals surface area (Å²) in [6, 6.07) is 14.9. The van der Waals surface area contributed by atoms with Gasteiger partial charge in [-0.05, 0) is 104 Å². The minimum absolute atomic E-state index is 0.183. The molecule has 7 rings (SSSR count). The topological polar surface area (TPSA) is 9.23 Å². The Labute approximate surface area is 169 Å². The van der Waals surface area contributed by atoms with Crippen molar-refractivity contribution in [2.75, 3.05) is 0 Å². The molecule has 1 nitrogen and oxygen atoms in total. The lowest BCUT2D eigenvalue weighted by Gasteiger charge is -2.33. The Kier molecular flexibility index (Phi) is 3.57. The fourth-order valence-corrected chi connectivity index (χ4v) is 6.96. The van der Waals surface area contributed by atoms with Crippen LogP contribution >= 0.6 is 0 Å². The highest BCUT2D eigenvalue weighted by atomic mass is 19.4. The van der Waals surface area contributed by atoms with Crippen molar-refractivity contribution < 1.29 is 17.9 Å². The molecule has 0 aromatic heterocycles. The summed E-state index contributed by atoms with van der Waals surface area (Å²) in [5.41, 5.74) is 0.561. The molecule has 5 aliphatic rings. The van der Waals surface area contributed by atoms with Crippen LogP contribution in [0.25, 0.3) is 0 Å². The molecule has 2 atom stereocenters. The fourth-order valence-electron chi connectivity index (χ4n) is 6.96. The smallest absolute Gasteiger partial charge is 0.398 e. The normalized spacial score (nSPS) is 33.8. The van der Waals surface area contributed by atoms with Crippen molar-refractivity contribution in [1.29, 1.82) is 0 Å². The first-order valence-corrected chi connectivity index (χ1v) is 10.8. The van der Waals surface area contributed by atoms with Crippen molar-refractivity contribution in [2.45, 2.75) is 62.0 Å². The zero-order valence-electron chi connectivity index (χ0n) is 16.3. The summed E-state index contributed by atoms with van der Waals surface area (Å²) in [6.07, 6.45) is 3.12. The van der Waals surface area contributed by atoms with E-state index >= 15 is 0 Å². The Morgan fingerprint density at radius 1 is 0.724 bits per heavy atom. The van der Waals surface area contributed by atoms with E-state index in [0.29, 0.717) is 16.7 Å². The highest BCUT2D eigenvalue weighted by Gasteiger charge is 2.64. The first kappa shape index (κ1) is 17.9. The Bertz CT molecular complexity index is 910. The van der Waals surface area contributed by atoms with Gasteiger partial charge in [0.2, 0.25) is 0 Å². The fraction of sp³-hybridized carbons (Fsp3) is 0.520. The molecule has 2 aromatic rings. The number of rotatable bonds is 4. The second-order valence-electron chi connectivity index (χ2n) is 9.93. The average Bonchev–Trinajstić information content (AvgIpc) is 3.42. The Balaban J connectivity index is 1.18. The predicted molar refractivity (Wildman–Crippen MR) is 105 cm³/mol. The number of hydrogen-bond acceptors (Lipinski definition) is 1. The third-order valence-corrected chi connectivity index (χ3v) is 8.35. The lowest BCUT2D eigenvalue weighted by molar-refractivity contribution is -0.160. The maximum Gasteiger partial charge on any atom is 0.398 e. The van der Waals surface area contributed by atoms with Gasteiger partial charge in [0.05, 0.1) is 5.41 Å². The van der Waals surface area contributed by atoms with Crippen LogP contribution in [-0.2, 0) is 10.8 Å². The van der Waals surface area contributed by atoms with E-state index in [9.17, 15) is 13.2 Å². The van der Waals surface area contributed by atoms with Crippen LogP contribution in [0.4, 0.5) is 13.2 Å². The predicted octanol–water partition coefficient (Wildman–Crippen LogP) is 7.15. The van der Waals surface area contributed by atoms with Crippen LogP contribution in [0.15, 0.2) is 48.5 Å². The lowest BCUT2D eigenvalue weighted by Crippen LogP contribution is -2.28. The summed E-state index contributed by atoms with van der Waals surface area (Å²) >= 11 is 0. The largest absolute Gasteiger partial charge is 0.457 e. The summed E-state index contributed by atoms with van der Waals surface area (Å²) in [5, 5.41) is 0. The van der Waals surface area contributed by atoms with Crippen molar-refractivity contribution in [1.82, 2.24) is 0 Å². The highest BCUT2D eigenvalue weighted by molar-refractivity contribution is 5.41. The quantitative estimate of drug-likeness (QED) is 0.531. The van der Waals surface area contributed by atoms with E-state index in [1.165, 1.54) is 37.7 Å². The molecule has 4 heteroatoms. The summed E-state index contributed by atoms with van der Waals surface area (Å²) < 4.78 is 45.8. The molecule has 29 heavy (non-hydrogen) atoms. The van der Waals surface area contributed by atoms with Crippen LogP contribution in [-0.4, -0.2) is 6.18 Å². The number of ether oxygens (including phenoxy) is 1. The molecule has 5 aliphatic carbocycles. The van der Waals surface area contributed by atoms with Gasteiger partial charge < -0.3 is 4.74 Å². The van der Waals surface area contributed by atoms with Gasteiger partial charge in [-0.1, -0.05) is 24.3 Å². The van der Waals surface area contributed by atoms with Crippen molar-refractivity contribution >= 4 is 0 Å². The summed E-state index contributed by atoms with van der Waals surface area (Å²) in [4.78, 5) is 0. The number of halogens is 3. The van der Waals surface area contributed by atoms with Gasteiger partial charge in [0.15, 0.2) is 0 Å². The van der Waals surface area contributed by atoms with E-state index in [-0.39, 0.29) is 12.8 Å². The van der Waals surface area contributed by atoms with Crippen molar-refractivity contribution in [2.24, 2.45) is 17.8 Å². The molecule has 0 radical (unpaired) electrons. The van der Waals surface area contributed by atoms with Gasteiger partial charge in [-0.2, -0.15) is 13.2 Å². The van der Waals surface area contributed by atoms with Crippen LogP contribution in [0.1, 0.15) is 56.1 Å². The SMILES string of the molecule is FC(F)(F)C1(c2ccc(Oc3ccc(C45CC6CC(CC4C6)C5)cc3)cc2)CC1. The van der Waals surface area contributed by atoms with Gasteiger partial charge in [-0.25, -0.2) is 0 Å². The van der Waals surface area contributed by atoms with E-state index in [1.54, 1.807) is 24.3 Å². The first-order chi connectivity index (χ1) is 13.9. The van der Waals surface area contributed by atoms with E-state index in [4.69, 9.17) is 4.74 Å². The minimum atomic E-state index is -4.18. The number of benzene rings is 2. The monoisotopic (exact) mass is 398 g/mol. The maximum atomic E-state index is 13.3. The Morgan fingerprint density at radius 3 is 1.72 bits per heavy atom. The van der Waals surface area contributed by atoms with Crippen molar-refractivity contribution in [3.05, 3.63) is 59.7 Å². The van der Waals surface area contributed by atoms with E-state index < -0.39 is 11.6 Å². The van der Waals surface area contributed by atoms with Gasteiger partial charge in [0, 0.05) is 0 Å². The molecular weight excluding hydrogens is 373 g/mol. The van der Waals surface area contributed by atoms with Crippen LogP contribution in [0.2, 0.25) is 0 Å². The van der Waals surface area contributed by atoms with E-state index in [2.05, 4.69) is 12.1 Å². The molecule has 0 amide bonds. The van der Waals surface area contributed by atoms with Crippen LogP contribution < -0.4 is 4.74 Å². The third kappa shape index (κ3) is 2.60. The van der Waals surface area contributed by atoms with Gasteiger partial charge >= 0.3 is 6.18 Å². The summed E-state index contributed by atoms with van der Waals surface area (Å²) in [7, 11) is 0. The van der Waals surface area contributed by atoms with Gasteiger partial charge in [-0.15, -0.1) is 0 Å². The van der Waals surface area contributed by atoms with Crippen LogP contribution in [0.3, 0.4) is 0 Å². The van der Waals surface area contributed by atoms with Crippen LogP contribution in [0.5, 0.6) is 11.5 Å². The zero-order valence-corrected chi connectivity index (χ0v) is 16.3. The Hall–Kier alpha value is -1.97. The molecule has 2 aromatic carbocycles. The minimum Gasteiger partial charge on any atom is -0.457 e. The molecule has 5 saturated carbocycles. The number of hydrogen-bond donors (Lipinski definition) is 0. The third-order valence-electron chi connectivity index (χ3n) is 8.35.